The standard InChI is InChI=1S/C18H18O2/c1-3-13-19-17-12-8-11-16(18(17)20-14-4-2)15-9-6-5-7-10-15/h3-14H,1-2H3. The molecule has 0 saturated carbocycles. The van der Waals surface area contributed by atoms with Gasteiger partial charge in [-0.25, -0.2) is 0 Å². The minimum atomic E-state index is 0.697. The van der Waals surface area contributed by atoms with Crippen LogP contribution in [0.15, 0.2) is 73.2 Å². The molecule has 0 unspecified atom stereocenters. The van der Waals surface area contributed by atoms with Crippen molar-refractivity contribution in [2.75, 3.05) is 0 Å². The fourth-order valence-electron chi connectivity index (χ4n) is 1.85. The summed E-state index contributed by atoms with van der Waals surface area (Å²) in [5, 5.41) is 0. The third kappa shape index (κ3) is 3.29. The second-order valence-electron chi connectivity index (χ2n) is 4.17. The Bertz CT molecular complexity index is 598. The van der Waals surface area contributed by atoms with Crippen LogP contribution in [0.3, 0.4) is 0 Å². The Labute approximate surface area is 120 Å². The van der Waals surface area contributed by atoms with Crippen LogP contribution in [0.1, 0.15) is 13.8 Å². The van der Waals surface area contributed by atoms with E-state index in [0.29, 0.717) is 5.75 Å². The van der Waals surface area contributed by atoms with Gasteiger partial charge in [0.05, 0.1) is 12.5 Å². The maximum atomic E-state index is 5.73. The van der Waals surface area contributed by atoms with Crippen LogP contribution in [0.25, 0.3) is 11.1 Å². The SMILES string of the molecule is CC=COc1cccc(-c2ccccc2)c1OC=CC. The van der Waals surface area contributed by atoms with Crippen molar-refractivity contribution in [2.24, 2.45) is 0 Å². The van der Waals surface area contributed by atoms with E-state index < -0.39 is 0 Å². The molecule has 0 aromatic heterocycles. The number of hydrogen-bond donors (Lipinski definition) is 0. The first-order chi connectivity index (χ1) is 9.86. The highest BCUT2D eigenvalue weighted by Gasteiger charge is 2.11. The fourth-order valence-corrected chi connectivity index (χ4v) is 1.85. The van der Waals surface area contributed by atoms with Gasteiger partial charge in [0.1, 0.15) is 0 Å². The number of allylic oxidation sites excluding steroid dienone is 2. The topological polar surface area (TPSA) is 18.5 Å². The fraction of sp³-hybridized carbons (Fsp3) is 0.111. The zero-order chi connectivity index (χ0) is 14.2. The molecule has 0 atom stereocenters. The lowest BCUT2D eigenvalue weighted by molar-refractivity contribution is 0.417. The van der Waals surface area contributed by atoms with E-state index in [0.717, 1.165) is 16.9 Å². The summed E-state index contributed by atoms with van der Waals surface area (Å²) in [5.41, 5.74) is 2.10. The highest BCUT2D eigenvalue weighted by atomic mass is 16.5. The average Bonchev–Trinajstić information content (AvgIpc) is 2.52. The molecule has 2 aromatic rings. The van der Waals surface area contributed by atoms with Crippen molar-refractivity contribution in [3.63, 3.8) is 0 Å². The van der Waals surface area contributed by atoms with Crippen molar-refractivity contribution >= 4 is 0 Å². The minimum absolute atomic E-state index is 0.697. The smallest absolute Gasteiger partial charge is 0.176 e. The first-order valence-electron chi connectivity index (χ1n) is 6.61. The Morgan fingerprint density at radius 1 is 0.750 bits per heavy atom. The summed E-state index contributed by atoms with van der Waals surface area (Å²) in [5.74, 6) is 1.41. The molecule has 0 bridgehead atoms. The monoisotopic (exact) mass is 266 g/mol. The lowest BCUT2D eigenvalue weighted by Crippen LogP contribution is -1.92. The van der Waals surface area contributed by atoms with E-state index in [-0.39, 0.29) is 0 Å². The lowest BCUT2D eigenvalue weighted by Gasteiger charge is -2.13. The van der Waals surface area contributed by atoms with Crippen LogP contribution >= 0.6 is 0 Å². The van der Waals surface area contributed by atoms with Crippen LogP contribution in [0.5, 0.6) is 11.5 Å². The molecule has 0 saturated heterocycles. The summed E-state index contributed by atoms with van der Waals surface area (Å²) in [4.78, 5) is 0. The first kappa shape index (κ1) is 13.9. The largest absolute Gasteiger partial charge is 0.461 e. The number of benzene rings is 2. The molecule has 0 radical (unpaired) electrons. The van der Waals surface area contributed by atoms with Gasteiger partial charge in [-0.05, 0) is 25.5 Å². The van der Waals surface area contributed by atoms with Crippen molar-refractivity contribution in [3.05, 3.63) is 73.2 Å². The zero-order valence-electron chi connectivity index (χ0n) is 11.7. The Balaban J connectivity index is 2.49. The van der Waals surface area contributed by atoms with Crippen molar-refractivity contribution in [3.8, 4) is 22.6 Å². The molecule has 2 rings (SSSR count). The second-order valence-corrected chi connectivity index (χ2v) is 4.17. The van der Waals surface area contributed by atoms with Gasteiger partial charge in [0.2, 0.25) is 0 Å². The lowest BCUT2D eigenvalue weighted by atomic mass is 10.0. The molecule has 0 aliphatic carbocycles. The molecule has 0 N–H and O–H groups in total. The maximum Gasteiger partial charge on any atom is 0.176 e. The van der Waals surface area contributed by atoms with Crippen LogP contribution < -0.4 is 9.47 Å². The summed E-state index contributed by atoms with van der Waals surface area (Å²) in [6.45, 7) is 3.82. The molecule has 2 nitrogen and oxygen atoms in total. The van der Waals surface area contributed by atoms with Crippen molar-refractivity contribution in [1.29, 1.82) is 0 Å². The third-order valence-corrected chi connectivity index (χ3v) is 2.72. The van der Waals surface area contributed by atoms with E-state index in [1.165, 1.54) is 0 Å². The summed E-state index contributed by atoms with van der Waals surface area (Å²) >= 11 is 0. The van der Waals surface area contributed by atoms with Crippen molar-refractivity contribution < 1.29 is 9.47 Å². The highest BCUT2D eigenvalue weighted by molar-refractivity contribution is 5.73. The van der Waals surface area contributed by atoms with Gasteiger partial charge in [-0.1, -0.05) is 54.6 Å². The normalized spacial score (nSPS) is 11.1. The molecule has 0 heterocycles. The summed E-state index contributed by atoms with van der Waals surface area (Å²) in [7, 11) is 0. The van der Waals surface area contributed by atoms with Crippen molar-refractivity contribution in [1.82, 2.24) is 0 Å². The van der Waals surface area contributed by atoms with E-state index in [1.54, 1.807) is 12.5 Å². The van der Waals surface area contributed by atoms with Gasteiger partial charge in [-0.15, -0.1) is 0 Å². The second kappa shape index (κ2) is 7.19. The number of hydrogen-bond acceptors (Lipinski definition) is 2. The van der Waals surface area contributed by atoms with Crippen LogP contribution in [0.2, 0.25) is 0 Å². The van der Waals surface area contributed by atoms with E-state index >= 15 is 0 Å². The van der Waals surface area contributed by atoms with Gasteiger partial charge in [0.15, 0.2) is 11.5 Å². The minimum Gasteiger partial charge on any atom is -0.461 e. The van der Waals surface area contributed by atoms with Gasteiger partial charge < -0.3 is 9.47 Å². The highest BCUT2D eigenvalue weighted by Crippen LogP contribution is 2.38. The Morgan fingerprint density at radius 2 is 1.45 bits per heavy atom. The molecule has 2 aromatic carbocycles. The van der Waals surface area contributed by atoms with E-state index in [9.17, 15) is 0 Å². The predicted octanol–water partition coefficient (Wildman–Crippen LogP) is 5.18. The van der Waals surface area contributed by atoms with E-state index in [1.807, 2.05) is 62.4 Å². The summed E-state index contributed by atoms with van der Waals surface area (Å²) < 4.78 is 11.3. The van der Waals surface area contributed by atoms with Crippen LogP contribution in [-0.2, 0) is 0 Å². The number of rotatable bonds is 5. The van der Waals surface area contributed by atoms with Gasteiger partial charge >= 0.3 is 0 Å². The summed E-state index contributed by atoms with van der Waals surface area (Å²) in [6.07, 6.45) is 6.99. The molecule has 0 aliphatic rings. The maximum absolute atomic E-state index is 5.73. The zero-order valence-corrected chi connectivity index (χ0v) is 11.7. The molecule has 0 aliphatic heterocycles. The molecule has 2 heteroatoms. The van der Waals surface area contributed by atoms with E-state index in [2.05, 4.69) is 12.1 Å². The van der Waals surface area contributed by atoms with Gasteiger partial charge in [-0.3, -0.25) is 0 Å². The quantitative estimate of drug-likeness (QED) is 0.694. The predicted molar refractivity (Wildman–Crippen MR) is 82.8 cm³/mol. The van der Waals surface area contributed by atoms with Crippen LogP contribution in [-0.4, -0.2) is 0 Å². The Hall–Kier alpha value is -2.48. The third-order valence-electron chi connectivity index (χ3n) is 2.72. The van der Waals surface area contributed by atoms with Crippen molar-refractivity contribution in [2.45, 2.75) is 13.8 Å². The Morgan fingerprint density at radius 3 is 2.15 bits per heavy atom. The molecule has 0 spiro atoms. The first-order valence-corrected chi connectivity index (χ1v) is 6.61. The summed E-state index contributed by atoms with van der Waals surface area (Å²) in [6, 6.07) is 16.0. The molecule has 20 heavy (non-hydrogen) atoms. The van der Waals surface area contributed by atoms with Gasteiger partial charge in [0.25, 0.3) is 0 Å². The average molecular weight is 266 g/mol. The molecular formula is C18H18O2. The van der Waals surface area contributed by atoms with E-state index in [4.69, 9.17) is 9.47 Å². The molecule has 102 valence electrons. The molecule has 0 amide bonds. The molecule has 0 fully saturated rings. The van der Waals surface area contributed by atoms with Crippen LogP contribution in [0, 0.1) is 0 Å². The van der Waals surface area contributed by atoms with Gasteiger partial charge in [0, 0.05) is 5.56 Å². The number of ether oxygens (including phenoxy) is 2. The number of para-hydroxylation sites is 1. The van der Waals surface area contributed by atoms with Gasteiger partial charge in [-0.2, -0.15) is 0 Å². The molecular weight excluding hydrogens is 248 g/mol. The van der Waals surface area contributed by atoms with Crippen LogP contribution in [0.4, 0.5) is 0 Å². The Kier molecular flexibility index (Phi) is 5.01.